The molecule has 0 bridgehead atoms. The summed E-state index contributed by atoms with van der Waals surface area (Å²) in [7, 11) is 0. The summed E-state index contributed by atoms with van der Waals surface area (Å²) in [5, 5.41) is 6.73. The van der Waals surface area contributed by atoms with Crippen LogP contribution in [0.3, 0.4) is 0 Å². The van der Waals surface area contributed by atoms with E-state index < -0.39 is 0 Å². The number of aryl methyl sites for hydroxylation is 2. The van der Waals surface area contributed by atoms with Crippen LogP contribution in [-0.4, -0.2) is 30.6 Å². The van der Waals surface area contributed by atoms with Gasteiger partial charge in [-0.05, 0) is 44.4 Å². The monoisotopic (exact) mass is 400 g/mol. The predicted molar refractivity (Wildman–Crippen MR) is 119 cm³/mol. The van der Waals surface area contributed by atoms with Gasteiger partial charge in [-0.2, -0.15) is 0 Å². The van der Waals surface area contributed by atoms with Gasteiger partial charge < -0.3 is 19.8 Å². The van der Waals surface area contributed by atoms with Gasteiger partial charge >= 0.3 is 0 Å². The summed E-state index contributed by atoms with van der Waals surface area (Å²) in [6.07, 6.45) is 0. The van der Waals surface area contributed by atoms with Crippen LogP contribution in [-0.2, 0) is 12.0 Å². The van der Waals surface area contributed by atoms with Crippen molar-refractivity contribution in [3.63, 3.8) is 0 Å². The van der Waals surface area contributed by atoms with E-state index in [1.54, 1.807) is 0 Å². The van der Waals surface area contributed by atoms with Gasteiger partial charge in [0.2, 0.25) is 5.89 Å². The minimum atomic E-state index is -0.0666. The first-order valence-electron chi connectivity index (χ1n) is 10.4. The van der Waals surface area contributed by atoms with E-state index in [1.165, 1.54) is 5.56 Å². The van der Waals surface area contributed by atoms with Crippen molar-refractivity contribution in [1.82, 2.24) is 15.6 Å². The van der Waals surface area contributed by atoms with E-state index in [9.17, 15) is 0 Å². The number of ether oxygens (including phenoxy) is 1. The minimum Gasteiger partial charge on any atom is -0.493 e. The smallest absolute Gasteiger partial charge is 0.216 e. The van der Waals surface area contributed by atoms with Crippen molar-refractivity contribution in [2.75, 3.05) is 19.7 Å². The van der Waals surface area contributed by atoms with Crippen molar-refractivity contribution in [3.8, 4) is 5.75 Å². The van der Waals surface area contributed by atoms with E-state index in [0.29, 0.717) is 18.4 Å². The molecule has 0 aliphatic heterocycles. The van der Waals surface area contributed by atoms with Crippen LogP contribution < -0.4 is 15.4 Å². The highest BCUT2D eigenvalue weighted by molar-refractivity contribution is 5.79. The molecule has 0 aliphatic carbocycles. The molecule has 0 spiro atoms. The molecule has 2 N–H and O–H groups in total. The quantitative estimate of drug-likeness (QED) is 0.483. The molecule has 0 fully saturated rings. The lowest BCUT2D eigenvalue weighted by atomic mass is 9.84. The van der Waals surface area contributed by atoms with Gasteiger partial charge in [-0.25, -0.2) is 9.98 Å². The Morgan fingerprint density at radius 3 is 2.41 bits per heavy atom. The SMILES string of the molecule is CCNC(=NCc1nc(C)c(C)o1)NCC(C)(C)c1ccc(OCC(C)C)cc1. The van der Waals surface area contributed by atoms with Crippen molar-refractivity contribution < 1.29 is 9.15 Å². The fraction of sp³-hybridized carbons (Fsp3) is 0.565. The maximum absolute atomic E-state index is 5.79. The maximum Gasteiger partial charge on any atom is 0.216 e. The summed E-state index contributed by atoms with van der Waals surface area (Å²) in [5.74, 6) is 3.66. The van der Waals surface area contributed by atoms with Crippen LogP contribution in [0.25, 0.3) is 0 Å². The molecule has 1 heterocycles. The third kappa shape index (κ3) is 7.11. The summed E-state index contributed by atoms with van der Waals surface area (Å²) < 4.78 is 11.4. The molecule has 0 saturated heterocycles. The van der Waals surface area contributed by atoms with E-state index in [2.05, 4.69) is 67.4 Å². The molecule has 6 nitrogen and oxygen atoms in total. The lowest BCUT2D eigenvalue weighted by Crippen LogP contribution is -2.43. The number of benzene rings is 1. The van der Waals surface area contributed by atoms with E-state index >= 15 is 0 Å². The van der Waals surface area contributed by atoms with Gasteiger partial charge in [-0.3, -0.25) is 0 Å². The Labute approximate surface area is 175 Å². The van der Waals surface area contributed by atoms with E-state index in [-0.39, 0.29) is 5.41 Å². The molecular formula is C23H36N4O2. The minimum absolute atomic E-state index is 0.0666. The largest absolute Gasteiger partial charge is 0.493 e. The summed E-state index contributed by atoms with van der Waals surface area (Å²) in [5.41, 5.74) is 2.09. The summed E-state index contributed by atoms with van der Waals surface area (Å²) in [6.45, 7) is 17.3. The normalized spacial score (nSPS) is 12.3. The zero-order valence-corrected chi connectivity index (χ0v) is 18.9. The average Bonchev–Trinajstić information content (AvgIpc) is 3.00. The zero-order valence-electron chi connectivity index (χ0n) is 18.9. The molecule has 6 heteroatoms. The Bertz CT molecular complexity index is 772. The average molecular weight is 401 g/mol. The molecule has 0 aliphatic rings. The van der Waals surface area contributed by atoms with Crippen LogP contribution in [0.15, 0.2) is 33.7 Å². The lowest BCUT2D eigenvalue weighted by Gasteiger charge is -2.27. The second-order valence-corrected chi connectivity index (χ2v) is 8.41. The molecule has 2 rings (SSSR count). The highest BCUT2D eigenvalue weighted by Gasteiger charge is 2.21. The third-order valence-electron chi connectivity index (χ3n) is 4.71. The highest BCUT2D eigenvalue weighted by atomic mass is 16.5. The van der Waals surface area contributed by atoms with Crippen molar-refractivity contribution in [2.24, 2.45) is 10.9 Å². The Balaban J connectivity index is 1.98. The molecule has 0 radical (unpaired) electrons. The number of aliphatic imine (C=N–C) groups is 1. The summed E-state index contributed by atoms with van der Waals surface area (Å²) in [6, 6.07) is 8.37. The Morgan fingerprint density at radius 1 is 1.17 bits per heavy atom. The fourth-order valence-corrected chi connectivity index (χ4v) is 2.77. The molecule has 1 aromatic carbocycles. The molecule has 1 aromatic heterocycles. The maximum atomic E-state index is 5.79. The Hall–Kier alpha value is -2.50. The number of guanidine groups is 1. The third-order valence-corrected chi connectivity index (χ3v) is 4.71. The zero-order chi connectivity index (χ0) is 21.4. The van der Waals surface area contributed by atoms with Gasteiger partial charge in [0, 0.05) is 18.5 Å². The fourth-order valence-electron chi connectivity index (χ4n) is 2.77. The number of rotatable bonds is 9. The van der Waals surface area contributed by atoms with Crippen molar-refractivity contribution in [1.29, 1.82) is 0 Å². The standard InChI is InChI=1S/C23H36N4O2/c1-8-24-22(25-13-21-27-17(4)18(5)29-21)26-15-23(6,7)19-9-11-20(12-10-19)28-14-16(2)3/h9-12,16H,8,13-15H2,1-7H3,(H2,24,25,26). The van der Waals surface area contributed by atoms with Crippen LogP contribution in [0, 0.1) is 19.8 Å². The van der Waals surface area contributed by atoms with Gasteiger partial charge in [-0.1, -0.05) is 39.8 Å². The van der Waals surface area contributed by atoms with E-state index in [0.717, 1.165) is 42.9 Å². The second kappa shape index (κ2) is 10.3. The van der Waals surface area contributed by atoms with Crippen LogP contribution in [0.4, 0.5) is 0 Å². The topological polar surface area (TPSA) is 71.7 Å². The Kier molecular flexibility index (Phi) is 8.11. The van der Waals surface area contributed by atoms with Crippen molar-refractivity contribution in [2.45, 2.75) is 60.4 Å². The number of hydrogen-bond donors (Lipinski definition) is 2. The molecule has 2 aromatic rings. The molecular weight excluding hydrogens is 364 g/mol. The van der Waals surface area contributed by atoms with Gasteiger partial charge in [0.05, 0.1) is 12.3 Å². The first kappa shape index (κ1) is 22.8. The van der Waals surface area contributed by atoms with Gasteiger partial charge in [-0.15, -0.1) is 0 Å². The molecule has 0 saturated carbocycles. The van der Waals surface area contributed by atoms with Gasteiger partial charge in [0.1, 0.15) is 18.1 Å². The summed E-state index contributed by atoms with van der Waals surface area (Å²) >= 11 is 0. The van der Waals surface area contributed by atoms with Crippen LogP contribution in [0.5, 0.6) is 5.75 Å². The number of nitrogens with zero attached hydrogens (tertiary/aromatic N) is 2. The summed E-state index contributed by atoms with van der Waals surface area (Å²) in [4.78, 5) is 9.00. The molecule has 160 valence electrons. The number of hydrogen-bond acceptors (Lipinski definition) is 4. The number of aromatic nitrogens is 1. The van der Waals surface area contributed by atoms with Crippen LogP contribution in [0.1, 0.15) is 57.5 Å². The molecule has 29 heavy (non-hydrogen) atoms. The van der Waals surface area contributed by atoms with Crippen molar-refractivity contribution >= 4 is 5.96 Å². The first-order valence-corrected chi connectivity index (χ1v) is 10.4. The predicted octanol–water partition coefficient (Wildman–Crippen LogP) is 4.36. The first-order chi connectivity index (χ1) is 13.7. The highest BCUT2D eigenvalue weighted by Crippen LogP contribution is 2.25. The Morgan fingerprint density at radius 2 is 1.86 bits per heavy atom. The van der Waals surface area contributed by atoms with E-state index in [4.69, 9.17) is 9.15 Å². The van der Waals surface area contributed by atoms with Crippen LogP contribution >= 0.6 is 0 Å². The van der Waals surface area contributed by atoms with E-state index in [1.807, 2.05) is 26.0 Å². The van der Waals surface area contributed by atoms with Crippen LogP contribution in [0.2, 0.25) is 0 Å². The number of oxazole rings is 1. The molecule has 0 unspecified atom stereocenters. The van der Waals surface area contributed by atoms with Crippen molar-refractivity contribution in [3.05, 3.63) is 47.2 Å². The second-order valence-electron chi connectivity index (χ2n) is 8.41. The number of nitrogens with one attached hydrogen (secondary N) is 2. The molecule has 0 amide bonds. The molecule has 0 atom stereocenters. The van der Waals surface area contributed by atoms with Gasteiger partial charge in [0.25, 0.3) is 0 Å². The van der Waals surface area contributed by atoms with Gasteiger partial charge in [0.15, 0.2) is 5.96 Å². The lowest BCUT2D eigenvalue weighted by molar-refractivity contribution is 0.271.